The number of thiazole rings is 1. The second-order valence-electron chi connectivity index (χ2n) is 6.99. The molecule has 0 bridgehead atoms. The number of hydrogen-bond acceptors (Lipinski definition) is 4. The maximum Gasteiger partial charge on any atom is 0.191 e. The van der Waals surface area contributed by atoms with Crippen LogP contribution < -0.4 is 10.6 Å². The molecule has 2 N–H and O–H groups in total. The van der Waals surface area contributed by atoms with Crippen LogP contribution in [0.1, 0.15) is 46.9 Å². The Morgan fingerprint density at radius 2 is 1.93 bits per heavy atom. The smallest absolute Gasteiger partial charge is 0.191 e. The van der Waals surface area contributed by atoms with Gasteiger partial charge in [0.25, 0.3) is 0 Å². The highest BCUT2D eigenvalue weighted by molar-refractivity contribution is 7.11. The van der Waals surface area contributed by atoms with Crippen LogP contribution in [-0.4, -0.2) is 42.0 Å². The van der Waals surface area contributed by atoms with Crippen LogP contribution >= 0.6 is 11.3 Å². The molecule has 2 aromatic rings. The van der Waals surface area contributed by atoms with Crippen LogP contribution in [-0.2, 0) is 6.54 Å². The summed E-state index contributed by atoms with van der Waals surface area (Å²) in [6.45, 7) is 10.9. The summed E-state index contributed by atoms with van der Waals surface area (Å²) in [6.07, 6.45) is 2.58. The fourth-order valence-electron chi connectivity index (χ4n) is 3.47. The van der Waals surface area contributed by atoms with Gasteiger partial charge in [-0.3, -0.25) is 4.90 Å². The summed E-state index contributed by atoms with van der Waals surface area (Å²) in [5.41, 5.74) is 2.48. The molecule has 2 heterocycles. The molecule has 27 heavy (non-hydrogen) atoms. The summed E-state index contributed by atoms with van der Waals surface area (Å²) in [6, 6.07) is 11.2. The van der Waals surface area contributed by atoms with Gasteiger partial charge in [-0.25, -0.2) is 9.98 Å². The van der Waals surface area contributed by atoms with Gasteiger partial charge >= 0.3 is 0 Å². The van der Waals surface area contributed by atoms with Gasteiger partial charge in [-0.2, -0.15) is 0 Å². The maximum atomic E-state index is 4.75. The van der Waals surface area contributed by atoms with Crippen molar-refractivity contribution in [3.8, 4) is 0 Å². The van der Waals surface area contributed by atoms with E-state index in [9.17, 15) is 0 Å². The minimum absolute atomic E-state index is 0.377. The van der Waals surface area contributed by atoms with Crippen LogP contribution in [0.5, 0.6) is 0 Å². The molecule has 1 aliphatic rings. The average Bonchev–Trinajstić information content (AvgIpc) is 3.31. The van der Waals surface area contributed by atoms with Crippen LogP contribution in [0.2, 0.25) is 0 Å². The first-order chi connectivity index (χ1) is 13.2. The van der Waals surface area contributed by atoms with Gasteiger partial charge in [0.05, 0.1) is 18.3 Å². The van der Waals surface area contributed by atoms with Crippen molar-refractivity contribution in [2.45, 2.75) is 46.2 Å². The molecule has 5 nitrogen and oxygen atoms in total. The van der Waals surface area contributed by atoms with E-state index in [1.54, 1.807) is 11.3 Å². The van der Waals surface area contributed by atoms with E-state index in [-0.39, 0.29) is 0 Å². The van der Waals surface area contributed by atoms with Gasteiger partial charge < -0.3 is 10.6 Å². The van der Waals surface area contributed by atoms with Crippen LogP contribution in [0.15, 0.2) is 35.3 Å². The lowest BCUT2D eigenvalue weighted by molar-refractivity contribution is 0.245. The van der Waals surface area contributed by atoms with Crippen molar-refractivity contribution >= 4 is 17.3 Å². The Morgan fingerprint density at radius 3 is 2.56 bits per heavy atom. The van der Waals surface area contributed by atoms with E-state index >= 15 is 0 Å². The third-order valence-electron chi connectivity index (χ3n) is 5.02. The van der Waals surface area contributed by atoms with Gasteiger partial charge in [0.2, 0.25) is 0 Å². The monoisotopic (exact) mass is 385 g/mol. The molecule has 0 amide bonds. The molecule has 0 aliphatic carbocycles. The van der Waals surface area contributed by atoms with Crippen LogP contribution in [0.3, 0.4) is 0 Å². The number of aliphatic imine (C=N–C) groups is 1. The van der Waals surface area contributed by atoms with Gasteiger partial charge in [-0.15, -0.1) is 11.3 Å². The number of likely N-dealkylation sites (tertiary alicyclic amines) is 1. The molecule has 1 fully saturated rings. The molecule has 1 aromatic heterocycles. The Labute approximate surface area is 166 Å². The van der Waals surface area contributed by atoms with Gasteiger partial charge in [-0.05, 0) is 52.3 Å². The van der Waals surface area contributed by atoms with Crippen molar-refractivity contribution in [3.05, 3.63) is 51.5 Å². The SMILES string of the molecule is CCNC(=NCc1nc(C)c(C)s1)NCC(c1ccccc1)N1CCCC1. The molecule has 1 aliphatic heterocycles. The highest BCUT2D eigenvalue weighted by Crippen LogP contribution is 2.24. The Bertz CT molecular complexity index is 715. The lowest BCUT2D eigenvalue weighted by atomic mass is 10.1. The van der Waals surface area contributed by atoms with Crippen molar-refractivity contribution in [1.82, 2.24) is 20.5 Å². The van der Waals surface area contributed by atoms with Crippen molar-refractivity contribution in [1.29, 1.82) is 0 Å². The summed E-state index contributed by atoms with van der Waals surface area (Å²) in [5.74, 6) is 0.864. The summed E-state index contributed by atoms with van der Waals surface area (Å²) >= 11 is 1.73. The lowest BCUT2D eigenvalue weighted by Crippen LogP contribution is -2.42. The first-order valence-electron chi connectivity index (χ1n) is 9.91. The third kappa shape index (κ3) is 5.53. The maximum absolute atomic E-state index is 4.75. The highest BCUT2D eigenvalue weighted by atomic mass is 32.1. The first kappa shape index (κ1) is 19.8. The topological polar surface area (TPSA) is 52.6 Å². The molecule has 1 saturated heterocycles. The quantitative estimate of drug-likeness (QED) is 0.564. The molecule has 0 spiro atoms. The zero-order valence-electron chi connectivity index (χ0n) is 16.7. The van der Waals surface area contributed by atoms with E-state index in [4.69, 9.17) is 4.99 Å². The molecule has 6 heteroatoms. The number of nitrogens with one attached hydrogen (secondary N) is 2. The Balaban J connectivity index is 1.67. The molecule has 3 rings (SSSR count). The summed E-state index contributed by atoms with van der Waals surface area (Å²) in [5, 5.41) is 8.00. The van der Waals surface area contributed by atoms with Crippen molar-refractivity contribution in [2.24, 2.45) is 4.99 Å². The van der Waals surface area contributed by atoms with Gasteiger partial charge in [0.15, 0.2) is 5.96 Å². The van der Waals surface area contributed by atoms with Crippen LogP contribution in [0.25, 0.3) is 0 Å². The van der Waals surface area contributed by atoms with Gasteiger partial charge in [0, 0.05) is 18.0 Å². The molecular weight excluding hydrogens is 354 g/mol. The number of aromatic nitrogens is 1. The fraction of sp³-hybridized carbons (Fsp3) is 0.524. The first-order valence-corrected chi connectivity index (χ1v) is 10.7. The zero-order valence-corrected chi connectivity index (χ0v) is 17.5. The van der Waals surface area contributed by atoms with Gasteiger partial charge in [0.1, 0.15) is 5.01 Å². The molecule has 146 valence electrons. The Hall–Kier alpha value is -1.92. The normalized spacial score (nSPS) is 16.5. The third-order valence-corrected chi connectivity index (χ3v) is 6.08. The zero-order chi connectivity index (χ0) is 19.1. The average molecular weight is 386 g/mol. The largest absolute Gasteiger partial charge is 0.357 e. The predicted octanol–water partition coefficient (Wildman–Crippen LogP) is 3.65. The lowest BCUT2D eigenvalue weighted by Gasteiger charge is -2.29. The second-order valence-corrected chi connectivity index (χ2v) is 8.28. The second kappa shape index (κ2) is 9.85. The summed E-state index contributed by atoms with van der Waals surface area (Å²) in [7, 11) is 0. The fourth-order valence-corrected chi connectivity index (χ4v) is 4.33. The molecular formula is C21H31N5S. The Morgan fingerprint density at radius 1 is 1.19 bits per heavy atom. The van der Waals surface area contributed by atoms with E-state index < -0.39 is 0 Å². The van der Waals surface area contributed by atoms with E-state index in [0.29, 0.717) is 12.6 Å². The molecule has 1 aromatic carbocycles. The standard InChI is InChI=1S/C21H31N5S/c1-4-22-21(24-15-20-25-16(2)17(3)27-20)23-14-19(26-12-8-9-13-26)18-10-6-5-7-11-18/h5-7,10-11,19H,4,8-9,12-15H2,1-3H3,(H2,22,23,24). The van der Waals surface area contributed by atoms with E-state index in [1.807, 2.05) is 0 Å². The number of nitrogens with zero attached hydrogens (tertiary/aromatic N) is 3. The number of rotatable bonds is 7. The van der Waals surface area contributed by atoms with Crippen LogP contribution in [0.4, 0.5) is 0 Å². The van der Waals surface area contributed by atoms with E-state index in [0.717, 1.165) is 29.8 Å². The summed E-state index contributed by atoms with van der Waals surface area (Å²) < 4.78 is 0. The van der Waals surface area contributed by atoms with Gasteiger partial charge in [-0.1, -0.05) is 30.3 Å². The van der Waals surface area contributed by atoms with Crippen molar-refractivity contribution in [2.75, 3.05) is 26.2 Å². The van der Waals surface area contributed by atoms with Crippen molar-refractivity contribution < 1.29 is 0 Å². The number of benzene rings is 1. The number of guanidine groups is 1. The molecule has 1 unspecified atom stereocenters. The van der Waals surface area contributed by atoms with Crippen molar-refractivity contribution in [3.63, 3.8) is 0 Å². The predicted molar refractivity (Wildman–Crippen MR) is 114 cm³/mol. The minimum Gasteiger partial charge on any atom is -0.357 e. The van der Waals surface area contributed by atoms with E-state index in [2.05, 4.69) is 71.6 Å². The molecule has 0 saturated carbocycles. The Kier molecular flexibility index (Phi) is 7.24. The molecule has 1 atom stereocenters. The van der Waals surface area contributed by atoms with E-state index in [1.165, 1.54) is 36.4 Å². The molecule has 0 radical (unpaired) electrons. The summed E-state index contributed by atoms with van der Waals surface area (Å²) in [4.78, 5) is 13.2. The minimum atomic E-state index is 0.377. The number of hydrogen-bond donors (Lipinski definition) is 2. The van der Waals surface area contributed by atoms with Crippen LogP contribution in [0, 0.1) is 13.8 Å². The highest BCUT2D eigenvalue weighted by Gasteiger charge is 2.23. The number of aryl methyl sites for hydroxylation is 2.